The first-order valence-electron chi connectivity index (χ1n) is 6.74. The van der Waals surface area contributed by atoms with Crippen molar-refractivity contribution >= 4 is 10.8 Å². The minimum absolute atomic E-state index is 0.652. The molecule has 0 amide bonds. The summed E-state index contributed by atoms with van der Waals surface area (Å²) in [5.41, 5.74) is 2.87. The van der Waals surface area contributed by atoms with Crippen molar-refractivity contribution in [2.75, 3.05) is 0 Å². The second-order valence-corrected chi connectivity index (χ2v) is 4.77. The molecule has 1 aromatic carbocycles. The number of pyridine rings is 2. The van der Waals surface area contributed by atoms with E-state index in [1.165, 1.54) is 0 Å². The molecule has 2 aromatic heterocycles. The predicted molar refractivity (Wildman–Crippen MR) is 79.4 cm³/mol. The van der Waals surface area contributed by atoms with Crippen molar-refractivity contribution in [1.29, 1.82) is 0 Å². The van der Waals surface area contributed by atoms with Gasteiger partial charge in [0.2, 0.25) is 0 Å². The largest absolute Gasteiger partial charge is 0.384 e. The minimum Gasteiger partial charge on any atom is -0.384 e. The van der Waals surface area contributed by atoms with Gasteiger partial charge in [-0.25, -0.2) is 0 Å². The zero-order valence-corrected chi connectivity index (χ0v) is 11.3. The fourth-order valence-corrected chi connectivity index (χ4v) is 2.54. The molecule has 2 heterocycles. The number of aliphatic hydroxyl groups is 1. The minimum atomic E-state index is -0.652. The van der Waals surface area contributed by atoms with E-state index < -0.39 is 6.10 Å². The summed E-state index contributed by atoms with van der Waals surface area (Å²) in [4.78, 5) is 8.30. The third-order valence-corrected chi connectivity index (χ3v) is 3.63. The van der Waals surface area contributed by atoms with Crippen LogP contribution in [0.5, 0.6) is 0 Å². The van der Waals surface area contributed by atoms with Crippen LogP contribution in [0.4, 0.5) is 0 Å². The summed E-state index contributed by atoms with van der Waals surface area (Å²) in [6.45, 7) is 2.07. The Labute approximate surface area is 117 Å². The lowest BCUT2D eigenvalue weighted by molar-refractivity contribution is 0.220. The van der Waals surface area contributed by atoms with Gasteiger partial charge in [-0.1, -0.05) is 25.1 Å². The summed E-state index contributed by atoms with van der Waals surface area (Å²) < 4.78 is 0. The second kappa shape index (κ2) is 5.39. The van der Waals surface area contributed by atoms with Gasteiger partial charge in [0, 0.05) is 30.2 Å². The molecule has 0 radical (unpaired) electrons. The zero-order chi connectivity index (χ0) is 13.9. The molecule has 1 N–H and O–H groups in total. The molecule has 0 aliphatic heterocycles. The molecule has 20 heavy (non-hydrogen) atoms. The van der Waals surface area contributed by atoms with Gasteiger partial charge < -0.3 is 5.11 Å². The monoisotopic (exact) mass is 264 g/mol. The van der Waals surface area contributed by atoms with Gasteiger partial charge >= 0.3 is 0 Å². The first-order chi connectivity index (χ1) is 9.81. The number of rotatable bonds is 3. The maximum Gasteiger partial charge on any atom is 0.105 e. The molecule has 0 saturated heterocycles. The van der Waals surface area contributed by atoms with Crippen LogP contribution in [0.25, 0.3) is 10.8 Å². The van der Waals surface area contributed by atoms with Crippen LogP contribution >= 0.6 is 0 Å². The Balaban J connectivity index is 2.15. The van der Waals surface area contributed by atoms with E-state index in [1.807, 2.05) is 36.5 Å². The maximum absolute atomic E-state index is 10.7. The summed E-state index contributed by atoms with van der Waals surface area (Å²) in [6, 6.07) is 9.79. The number of hydrogen-bond donors (Lipinski definition) is 1. The van der Waals surface area contributed by atoms with Crippen LogP contribution in [0.1, 0.15) is 29.7 Å². The molecule has 100 valence electrons. The summed E-state index contributed by atoms with van der Waals surface area (Å²) >= 11 is 0. The van der Waals surface area contributed by atoms with E-state index in [1.54, 1.807) is 18.6 Å². The van der Waals surface area contributed by atoms with Gasteiger partial charge in [0.25, 0.3) is 0 Å². The van der Waals surface area contributed by atoms with Crippen LogP contribution in [0, 0.1) is 0 Å². The number of fused-ring (bicyclic) bond motifs is 1. The first kappa shape index (κ1) is 12.8. The SMILES string of the molecule is CCc1cnccc1C(O)c1cccc2ccncc12. The van der Waals surface area contributed by atoms with Crippen LogP contribution in [0.2, 0.25) is 0 Å². The smallest absolute Gasteiger partial charge is 0.105 e. The van der Waals surface area contributed by atoms with Crippen LogP contribution in [0.3, 0.4) is 0 Å². The molecule has 0 fully saturated rings. The summed E-state index contributed by atoms with van der Waals surface area (Å²) in [5.74, 6) is 0. The van der Waals surface area contributed by atoms with E-state index in [-0.39, 0.29) is 0 Å². The van der Waals surface area contributed by atoms with Gasteiger partial charge in [0.15, 0.2) is 0 Å². The van der Waals surface area contributed by atoms with E-state index >= 15 is 0 Å². The molecular formula is C17H16N2O. The molecule has 0 spiro atoms. The Morgan fingerprint density at radius 1 is 1.00 bits per heavy atom. The van der Waals surface area contributed by atoms with Gasteiger partial charge in [-0.05, 0) is 40.6 Å². The van der Waals surface area contributed by atoms with Crippen LogP contribution in [-0.4, -0.2) is 15.1 Å². The van der Waals surface area contributed by atoms with E-state index in [0.29, 0.717) is 0 Å². The van der Waals surface area contributed by atoms with E-state index in [2.05, 4.69) is 16.9 Å². The predicted octanol–water partition coefficient (Wildman–Crippen LogP) is 3.27. The third kappa shape index (κ3) is 2.17. The van der Waals surface area contributed by atoms with Crippen molar-refractivity contribution in [3.8, 4) is 0 Å². The Hall–Kier alpha value is -2.26. The molecule has 1 unspecified atom stereocenters. The molecule has 1 atom stereocenters. The molecule has 0 saturated carbocycles. The highest BCUT2D eigenvalue weighted by atomic mass is 16.3. The lowest BCUT2D eigenvalue weighted by Crippen LogP contribution is -2.04. The number of hydrogen-bond acceptors (Lipinski definition) is 3. The standard InChI is InChI=1S/C17H16N2O/c1-2-12-10-18-9-7-14(12)17(20)15-5-3-4-13-6-8-19-11-16(13)15/h3-11,17,20H,2H2,1H3. The Morgan fingerprint density at radius 2 is 1.80 bits per heavy atom. The maximum atomic E-state index is 10.7. The van der Waals surface area contributed by atoms with Gasteiger partial charge in [0.1, 0.15) is 6.10 Å². The fraction of sp³-hybridized carbons (Fsp3) is 0.176. The molecule has 3 aromatic rings. The van der Waals surface area contributed by atoms with Crippen LogP contribution in [0.15, 0.2) is 55.1 Å². The third-order valence-electron chi connectivity index (χ3n) is 3.63. The lowest BCUT2D eigenvalue weighted by Gasteiger charge is -2.16. The molecule has 3 rings (SSSR count). The highest BCUT2D eigenvalue weighted by Crippen LogP contribution is 2.29. The Kier molecular flexibility index (Phi) is 3.44. The quantitative estimate of drug-likeness (QED) is 0.789. The molecule has 0 aliphatic carbocycles. The van der Waals surface area contributed by atoms with E-state index in [4.69, 9.17) is 0 Å². The fourth-order valence-electron chi connectivity index (χ4n) is 2.54. The number of aliphatic hydroxyl groups excluding tert-OH is 1. The average molecular weight is 264 g/mol. The van der Waals surface area contributed by atoms with Crippen LogP contribution in [-0.2, 0) is 6.42 Å². The van der Waals surface area contributed by atoms with E-state index in [9.17, 15) is 5.11 Å². The van der Waals surface area contributed by atoms with Crippen molar-refractivity contribution < 1.29 is 5.11 Å². The molecule has 0 aliphatic rings. The van der Waals surface area contributed by atoms with Crippen molar-refractivity contribution in [2.45, 2.75) is 19.4 Å². The van der Waals surface area contributed by atoms with Crippen molar-refractivity contribution in [3.05, 3.63) is 71.8 Å². The number of aryl methyl sites for hydroxylation is 1. The Morgan fingerprint density at radius 3 is 2.65 bits per heavy atom. The van der Waals surface area contributed by atoms with Gasteiger partial charge in [-0.3, -0.25) is 9.97 Å². The second-order valence-electron chi connectivity index (χ2n) is 4.77. The average Bonchev–Trinajstić information content (AvgIpc) is 2.53. The van der Waals surface area contributed by atoms with Crippen molar-refractivity contribution in [2.24, 2.45) is 0 Å². The highest BCUT2D eigenvalue weighted by molar-refractivity contribution is 5.85. The summed E-state index contributed by atoms with van der Waals surface area (Å²) in [6.07, 6.45) is 7.32. The zero-order valence-electron chi connectivity index (χ0n) is 11.3. The first-order valence-corrected chi connectivity index (χ1v) is 6.74. The summed E-state index contributed by atoms with van der Waals surface area (Å²) in [7, 11) is 0. The van der Waals surface area contributed by atoms with Crippen LogP contribution < -0.4 is 0 Å². The van der Waals surface area contributed by atoms with Crippen molar-refractivity contribution in [3.63, 3.8) is 0 Å². The number of nitrogens with zero attached hydrogens (tertiary/aromatic N) is 2. The normalized spacial score (nSPS) is 12.5. The lowest BCUT2D eigenvalue weighted by atomic mass is 9.94. The van der Waals surface area contributed by atoms with Gasteiger partial charge in [-0.2, -0.15) is 0 Å². The molecule has 3 heteroatoms. The van der Waals surface area contributed by atoms with Gasteiger partial charge in [0.05, 0.1) is 0 Å². The molecular weight excluding hydrogens is 248 g/mol. The highest BCUT2D eigenvalue weighted by Gasteiger charge is 2.16. The van der Waals surface area contributed by atoms with E-state index in [0.717, 1.165) is 33.9 Å². The Bertz CT molecular complexity index is 734. The molecule has 0 bridgehead atoms. The van der Waals surface area contributed by atoms with Gasteiger partial charge in [-0.15, -0.1) is 0 Å². The number of aromatic nitrogens is 2. The molecule has 3 nitrogen and oxygen atoms in total. The number of benzene rings is 1. The summed E-state index contributed by atoms with van der Waals surface area (Å²) in [5, 5.41) is 12.8. The topological polar surface area (TPSA) is 46.0 Å². The van der Waals surface area contributed by atoms with Crippen molar-refractivity contribution in [1.82, 2.24) is 9.97 Å².